The van der Waals surface area contributed by atoms with E-state index in [1.54, 1.807) is 24.3 Å². The Morgan fingerprint density at radius 3 is 2.07 bits per heavy atom. The third kappa shape index (κ3) is 6.08. The molecule has 5 heteroatoms. The largest absolute Gasteiger partial charge is 0.389 e. The molecule has 0 heterocycles. The smallest absolute Gasteiger partial charge is 0.123 e. The van der Waals surface area contributed by atoms with Gasteiger partial charge in [0.15, 0.2) is 0 Å². The molecule has 0 aromatic heterocycles. The lowest BCUT2D eigenvalue weighted by atomic mass is 9.78. The monoisotopic (exact) mass is 403 g/mol. The molecule has 0 radical (unpaired) electrons. The zero-order valence-electron chi connectivity index (χ0n) is 17.2. The van der Waals surface area contributed by atoms with Crippen molar-refractivity contribution in [2.75, 3.05) is 13.2 Å². The number of hydrogen-bond donors (Lipinski definition) is 2. The molecule has 0 amide bonds. The van der Waals surface area contributed by atoms with Crippen molar-refractivity contribution in [3.05, 3.63) is 71.3 Å². The standard InChI is InChI=1S/C24H31F2NO2/c1-16-4-3-5-23(17(16)2)27-14-22(28)15-29-24(18-6-10-20(25)11-7-18)19-8-12-21(26)13-9-19/h6-13,16-17,22-24,27-28H,3-5,14-15H2,1-2H3/t16-,17+,22-,23+/m1/s1. The summed E-state index contributed by atoms with van der Waals surface area (Å²) in [5, 5.41) is 13.9. The maximum absolute atomic E-state index is 13.3. The normalized spacial score (nSPS) is 23.3. The lowest BCUT2D eigenvalue weighted by molar-refractivity contribution is 0.00383. The molecule has 0 spiro atoms. The van der Waals surface area contributed by atoms with E-state index in [0.717, 1.165) is 17.5 Å². The van der Waals surface area contributed by atoms with Crippen LogP contribution in [0, 0.1) is 23.5 Å². The molecular formula is C24H31F2NO2. The van der Waals surface area contributed by atoms with Crippen LogP contribution < -0.4 is 5.32 Å². The molecule has 0 unspecified atom stereocenters. The van der Waals surface area contributed by atoms with Crippen LogP contribution in [0.2, 0.25) is 0 Å². The minimum Gasteiger partial charge on any atom is -0.389 e. The van der Waals surface area contributed by atoms with Crippen molar-refractivity contribution >= 4 is 0 Å². The third-order valence-corrected chi connectivity index (χ3v) is 6.12. The van der Waals surface area contributed by atoms with Crippen molar-refractivity contribution in [2.24, 2.45) is 11.8 Å². The van der Waals surface area contributed by atoms with Crippen molar-refractivity contribution in [1.29, 1.82) is 0 Å². The van der Waals surface area contributed by atoms with Gasteiger partial charge in [-0.2, -0.15) is 0 Å². The Kier molecular flexibility index (Phi) is 7.76. The average Bonchev–Trinajstić information content (AvgIpc) is 2.71. The number of aliphatic hydroxyl groups excluding tert-OH is 1. The van der Waals surface area contributed by atoms with Gasteiger partial charge in [-0.25, -0.2) is 8.78 Å². The van der Waals surface area contributed by atoms with E-state index in [1.807, 2.05) is 0 Å². The van der Waals surface area contributed by atoms with Gasteiger partial charge in [-0.3, -0.25) is 0 Å². The fraction of sp³-hybridized carbons (Fsp3) is 0.500. The number of ether oxygens (including phenoxy) is 1. The van der Waals surface area contributed by atoms with E-state index in [0.29, 0.717) is 24.4 Å². The van der Waals surface area contributed by atoms with Crippen LogP contribution in [0.3, 0.4) is 0 Å². The highest BCUT2D eigenvalue weighted by atomic mass is 19.1. The summed E-state index contributed by atoms with van der Waals surface area (Å²) < 4.78 is 32.6. The van der Waals surface area contributed by atoms with Gasteiger partial charge in [-0.05, 0) is 53.6 Å². The maximum atomic E-state index is 13.3. The molecule has 29 heavy (non-hydrogen) atoms. The van der Waals surface area contributed by atoms with Crippen molar-refractivity contribution in [3.8, 4) is 0 Å². The lowest BCUT2D eigenvalue weighted by Gasteiger charge is -2.35. The fourth-order valence-electron chi connectivity index (χ4n) is 4.08. The van der Waals surface area contributed by atoms with E-state index in [4.69, 9.17) is 4.74 Å². The number of aliphatic hydroxyl groups is 1. The molecule has 1 saturated carbocycles. The number of hydrogen-bond acceptors (Lipinski definition) is 3. The summed E-state index contributed by atoms with van der Waals surface area (Å²) >= 11 is 0. The van der Waals surface area contributed by atoms with Crippen molar-refractivity contribution < 1.29 is 18.6 Å². The van der Waals surface area contributed by atoms with Crippen molar-refractivity contribution in [2.45, 2.75) is 51.4 Å². The summed E-state index contributed by atoms with van der Waals surface area (Å²) in [5.41, 5.74) is 1.51. The molecule has 2 aromatic rings. The van der Waals surface area contributed by atoms with Gasteiger partial charge in [0.05, 0.1) is 12.7 Å². The molecule has 1 aliphatic carbocycles. The molecule has 158 valence electrons. The molecule has 3 nitrogen and oxygen atoms in total. The highest BCUT2D eigenvalue weighted by Crippen LogP contribution is 2.30. The maximum Gasteiger partial charge on any atom is 0.123 e. The summed E-state index contributed by atoms with van der Waals surface area (Å²) in [6, 6.07) is 12.5. The first-order valence-electron chi connectivity index (χ1n) is 10.5. The second kappa shape index (κ2) is 10.3. The van der Waals surface area contributed by atoms with Gasteiger partial charge < -0.3 is 15.2 Å². The molecule has 4 atom stereocenters. The fourth-order valence-corrected chi connectivity index (χ4v) is 4.08. The SMILES string of the molecule is C[C@H]1[C@H](C)CCC[C@@H]1NC[C@@H](O)COC(c1ccc(F)cc1)c1ccc(F)cc1. The van der Waals surface area contributed by atoms with Crippen LogP contribution in [0.1, 0.15) is 50.3 Å². The van der Waals surface area contributed by atoms with E-state index in [9.17, 15) is 13.9 Å². The zero-order chi connectivity index (χ0) is 20.8. The third-order valence-electron chi connectivity index (χ3n) is 6.12. The Bertz CT molecular complexity index is 705. The summed E-state index contributed by atoms with van der Waals surface area (Å²) in [7, 11) is 0. The van der Waals surface area contributed by atoms with Gasteiger partial charge in [-0.1, -0.05) is 51.0 Å². The highest BCUT2D eigenvalue weighted by Gasteiger charge is 2.27. The second-order valence-corrected chi connectivity index (χ2v) is 8.25. The predicted octanol–water partition coefficient (Wildman–Crippen LogP) is 4.85. The second-order valence-electron chi connectivity index (χ2n) is 8.25. The van der Waals surface area contributed by atoms with Crippen molar-refractivity contribution in [3.63, 3.8) is 0 Å². The minimum absolute atomic E-state index is 0.128. The molecule has 0 aliphatic heterocycles. The van der Waals surface area contributed by atoms with Gasteiger partial charge in [-0.15, -0.1) is 0 Å². The topological polar surface area (TPSA) is 41.5 Å². The predicted molar refractivity (Wildman–Crippen MR) is 111 cm³/mol. The van der Waals surface area contributed by atoms with E-state index in [1.165, 1.54) is 37.1 Å². The van der Waals surface area contributed by atoms with E-state index in [-0.39, 0.29) is 18.2 Å². The Labute approximate surface area is 172 Å². The van der Waals surface area contributed by atoms with E-state index < -0.39 is 12.2 Å². The molecule has 2 N–H and O–H groups in total. The lowest BCUT2D eigenvalue weighted by Crippen LogP contribution is -2.44. The molecular weight excluding hydrogens is 372 g/mol. The highest BCUT2D eigenvalue weighted by molar-refractivity contribution is 5.30. The van der Waals surface area contributed by atoms with Gasteiger partial charge in [0.25, 0.3) is 0 Å². The van der Waals surface area contributed by atoms with Crippen molar-refractivity contribution in [1.82, 2.24) is 5.32 Å². The Morgan fingerprint density at radius 2 is 1.52 bits per heavy atom. The average molecular weight is 404 g/mol. The Morgan fingerprint density at radius 1 is 0.966 bits per heavy atom. The van der Waals surface area contributed by atoms with Crippen LogP contribution in [0.15, 0.2) is 48.5 Å². The van der Waals surface area contributed by atoms with Crippen LogP contribution in [0.25, 0.3) is 0 Å². The molecule has 1 aliphatic rings. The number of rotatable bonds is 8. The minimum atomic E-state index is -0.664. The van der Waals surface area contributed by atoms with Crippen LogP contribution in [-0.4, -0.2) is 30.4 Å². The summed E-state index contributed by atoms with van der Waals surface area (Å²) in [4.78, 5) is 0. The number of benzene rings is 2. The van der Waals surface area contributed by atoms with Crippen LogP contribution in [0.4, 0.5) is 8.78 Å². The van der Waals surface area contributed by atoms with E-state index >= 15 is 0 Å². The van der Waals surface area contributed by atoms with Gasteiger partial charge in [0.1, 0.15) is 17.7 Å². The Hall–Kier alpha value is -1.82. The molecule has 1 fully saturated rings. The quantitative estimate of drug-likeness (QED) is 0.662. The van der Waals surface area contributed by atoms with Crippen LogP contribution in [-0.2, 0) is 4.74 Å². The zero-order valence-corrected chi connectivity index (χ0v) is 17.2. The summed E-state index contributed by atoms with van der Waals surface area (Å²) in [6.07, 6.45) is 2.45. The number of nitrogens with one attached hydrogen (secondary N) is 1. The first kappa shape index (κ1) is 21.9. The molecule has 2 aromatic carbocycles. The number of halogens is 2. The summed E-state index contributed by atoms with van der Waals surface area (Å²) in [6.45, 7) is 5.14. The van der Waals surface area contributed by atoms with Gasteiger partial charge in [0.2, 0.25) is 0 Å². The first-order valence-corrected chi connectivity index (χ1v) is 10.5. The molecule has 0 bridgehead atoms. The molecule has 0 saturated heterocycles. The van der Waals surface area contributed by atoms with Gasteiger partial charge in [0, 0.05) is 12.6 Å². The Balaban J connectivity index is 1.60. The van der Waals surface area contributed by atoms with Crippen LogP contribution in [0.5, 0.6) is 0 Å². The van der Waals surface area contributed by atoms with Crippen LogP contribution >= 0.6 is 0 Å². The summed E-state index contributed by atoms with van der Waals surface area (Å²) in [5.74, 6) is 0.623. The first-order chi connectivity index (χ1) is 13.9. The molecule has 3 rings (SSSR count). The van der Waals surface area contributed by atoms with E-state index in [2.05, 4.69) is 19.2 Å². The van der Waals surface area contributed by atoms with Gasteiger partial charge >= 0.3 is 0 Å².